The number of methoxy groups -OCH3 is 3. The van der Waals surface area contributed by atoms with Gasteiger partial charge < -0.3 is 19.9 Å². The molecule has 3 rings (SSSR count). The molecule has 1 amide bonds. The van der Waals surface area contributed by atoms with Gasteiger partial charge in [-0.15, -0.1) is 0 Å². The van der Waals surface area contributed by atoms with Gasteiger partial charge in [0.25, 0.3) is 0 Å². The Bertz CT molecular complexity index is 908. The molecule has 2 N–H and O–H groups in total. The molecule has 2 unspecified atom stereocenters. The Kier molecular flexibility index (Phi) is 6.42. The molecule has 0 aromatic heterocycles. The maximum Gasteiger partial charge on any atom is 0.337 e. The normalized spacial score (nSPS) is 18.7. The van der Waals surface area contributed by atoms with Gasteiger partial charge in [0.15, 0.2) is 11.5 Å². The summed E-state index contributed by atoms with van der Waals surface area (Å²) in [5.41, 5.74) is 8.45. The molecule has 0 radical (unpaired) electrons. The predicted molar refractivity (Wildman–Crippen MR) is 110 cm³/mol. The molecule has 2 aromatic rings. The summed E-state index contributed by atoms with van der Waals surface area (Å²) in [6.07, 6.45) is 4.03. The van der Waals surface area contributed by atoms with E-state index in [1.165, 1.54) is 7.11 Å². The zero-order chi connectivity index (χ0) is 21.0. The summed E-state index contributed by atoms with van der Waals surface area (Å²) < 4.78 is 15.7. The van der Waals surface area contributed by atoms with E-state index in [0.717, 1.165) is 36.8 Å². The average molecular weight is 397 g/mol. The first-order valence-corrected chi connectivity index (χ1v) is 9.74. The van der Waals surface area contributed by atoms with Crippen molar-refractivity contribution in [2.24, 2.45) is 5.73 Å². The molecular weight excluding hydrogens is 370 g/mol. The van der Waals surface area contributed by atoms with Gasteiger partial charge in [-0.3, -0.25) is 4.79 Å². The number of amides is 1. The van der Waals surface area contributed by atoms with Gasteiger partial charge in [-0.2, -0.15) is 0 Å². The fraction of sp³-hybridized carbons (Fsp3) is 0.391. The lowest BCUT2D eigenvalue weighted by atomic mass is 9.71. The molecule has 29 heavy (non-hydrogen) atoms. The fourth-order valence-electron chi connectivity index (χ4n) is 4.32. The Morgan fingerprint density at radius 1 is 0.897 bits per heavy atom. The van der Waals surface area contributed by atoms with Gasteiger partial charge in [-0.25, -0.2) is 4.79 Å². The molecule has 0 heterocycles. The molecular formula is C23H27NO5. The van der Waals surface area contributed by atoms with Crippen LogP contribution < -0.4 is 15.2 Å². The minimum atomic E-state index is -0.493. The third-order valence-electron chi connectivity index (χ3n) is 5.74. The lowest BCUT2D eigenvalue weighted by molar-refractivity contribution is 0.0600. The number of ether oxygens (including phenoxy) is 3. The molecule has 2 atom stereocenters. The van der Waals surface area contributed by atoms with Crippen LogP contribution in [0.5, 0.6) is 11.5 Å². The lowest BCUT2D eigenvalue weighted by Crippen LogP contribution is -2.22. The SMILES string of the molecule is COC(=O)c1ccc(C(N)=O)c(C2CCCCC2c2ccc(OC)c(OC)c2)c1. The van der Waals surface area contributed by atoms with Gasteiger partial charge in [0.1, 0.15) is 0 Å². The molecule has 154 valence electrons. The van der Waals surface area contributed by atoms with Crippen molar-refractivity contribution in [2.45, 2.75) is 37.5 Å². The topological polar surface area (TPSA) is 87.9 Å². The van der Waals surface area contributed by atoms with Crippen LogP contribution in [0.4, 0.5) is 0 Å². The van der Waals surface area contributed by atoms with Gasteiger partial charge in [-0.05, 0) is 66.1 Å². The van der Waals surface area contributed by atoms with Crippen LogP contribution in [0.15, 0.2) is 36.4 Å². The van der Waals surface area contributed by atoms with Crippen molar-refractivity contribution < 1.29 is 23.8 Å². The van der Waals surface area contributed by atoms with E-state index in [1.807, 2.05) is 18.2 Å². The highest BCUT2D eigenvalue weighted by Crippen LogP contribution is 2.46. The van der Waals surface area contributed by atoms with Gasteiger partial charge >= 0.3 is 5.97 Å². The van der Waals surface area contributed by atoms with E-state index < -0.39 is 11.9 Å². The first-order valence-electron chi connectivity index (χ1n) is 9.74. The third kappa shape index (κ3) is 4.21. The molecule has 1 saturated carbocycles. The predicted octanol–water partition coefficient (Wildman–Crippen LogP) is 4.03. The highest BCUT2D eigenvalue weighted by atomic mass is 16.5. The Hall–Kier alpha value is -3.02. The van der Waals surface area contributed by atoms with E-state index in [9.17, 15) is 9.59 Å². The number of carbonyl (C=O) groups excluding carboxylic acids is 2. The first kappa shape index (κ1) is 20.7. The molecule has 0 spiro atoms. The fourth-order valence-corrected chi connectivity index (χ4v) is 4.32. The van der Waals surface area contributed by atoms with E-state index in [2.05, 4.69) is 0 Å². The molecule has 1 aliphatic rings. The van der Waals surface area contributed by atoms with Crippen LogP contribution in [0.25, 0.3) is 0 Å². The summed E-state index contributed by atoms with van der Waals surface area (Å²) in [5, 5.41) is 0. The zero-order valence-electron chi connectivity index (χ0n) is 17.1. The third-order valence-corrected chi connectivity index (χ3v) is 5.74. The Balaban J connectivity index is 2.08. The van der Waals surface area contributed by atoms with E-state index in [1.54, 1.807) is 32.4 Å². The van der Waals surface area contributed by atoms with Crippen LogP contribution >= 0.6 is 0 Å². The van der Waals surface area contributed by atoms with E-state index in [-0.39, 0.29) is 11.8 Å². The Morgan fingerprint density at radius 3 is 2.21 bits per heavy atom. The summed E-state index contributed by atoms with van der Waals surface area (Å²) in [6.45, 7) is 0. The van der Waals surface area contributed by atoms with Crippen molar-refractivity contribution >= 4 is 11.9 Å². The monoisotopic (exact) mass is 397 g/mol. The van der Waals surface area contributed by atoms with Crippen molar-refractivity contribution in [2.75, 3.05) is 21.3 Å². The number of hydrogen-bond donors (Lipinski definition) is 1. The van der Waals surface area contributed by atoms with Crippen LogP contribution in [0, 0.1) is 0 Å². The molecule has 6 nitrogen and oxygen atoms in total. The molecule has 1 fully saturated rings. The largest absolute Gasteiger partial charge is 0.493 e. The van der Waals surface area contributed by atoms with E-state index in [4.69, 9.17) is 19.9 Å². The number of hydrogen-bond acceptors (Lipinski definition) is 5. The summed E-state index contributed by atoms with van der Waals surface area (Å²) in [6, 6.07) is 10.9. The summed E-state index contributed by atoms with van der Waals surface area (Å²) >= 11 is 0. The minimum Gasteiger partial charge on any atom is -0.493 e. The minimum absolute atomic E-state index is 0.0638. The quantitative estimate of drug-likeness (QED) is 0.744. The van der Waals surface area contributed by atoms with Crippen molar-refractivity contribution in [1.82, 2.24) is 0 Å². The molecule has 0 aliphatic heterocycles. The molecule has 2 aromatic carbocycles. The van der Waals surface area contributed by atoms with Crippen LogP contribution in [0.2, 0.25) is 0 Å². The van der Waals surface area contributed by atoms with Crippen molar-refractivity contribution in [3.05, 3.63) is 58.7 Å². The van der Waals surface area contributed by atoms with Gasteiger partial charge in [0.05, 0.1) is 26.9 Å². The number of benzene rings is 2. The van der Waals surface area contributed by atoms with Crippen LogP contribution in [-0.2, 0) is 4.74 Å². The van der Waals surface area contributed by atoms with Gasteiger partial charge in [-0.1, -0.05) is 18.9 Å². The van der Waals surface area contributed by atoms with Crippen molar-refractivity contribution in [3.63, 3.8) is 0 Å². The standard InChI is InChI=1S/C23H27NO5/c1-27-20-11-9-14(13-21(20)28-2)16-6-4-5-7-17(16)19-12-15(23(26)29-3)8-10-18(19)22(24)25/h8-13,16-17H,4-7H2,1-3H3,(H2,24,25). The Morgan fingerprint density at radius 2 is 1.59 bits per heavy atom. The van der Waals surface area contributed by atoms with Crippen molar-refractivity contribution in [3.8, 4) is 11.5 Å². The van der Waals surface area contributed by atoms with Crippen LogP contribution in [0.3, 0.4) is 0 Å². The second-order valence-electron chi connectivity index (χ2n) is 7.27. The smallest absolute Gasteiger partial charge is 0.337 e. The summed E-state index contributed by atoms with van der Waals surface area (Å²) in [5.74, 6) is 0.666. The second-order valence-corrected chi connectivity index (χ2v) is 7.27. The molecule has 1 aliphatic carbocycles. The van der Waals surface area contributed by atoms with Crippen molar-refractivity contribution in [1.29, 1.82) is 0 Å². The number of esters is 1. The average Bonchev–Trinajstić information content (AvgIpc) is 2.77. The highest BCUT2D eigenvalue weighted by Gasteiger charge is 2.31. The highest BCUT2D eigenvalue weighted by molar-refractivity contribution is 5.97. The zero-order valence-corrected chi connectivity index (χ0v) is 17.1. The Labute approximate surface area is 171 Å². The maximum atomic E-state index is 12.1. The first-order chi connectivity index (χ1) is 14.0. The van der Waals surface area contributed by atoms with Gasteiger partial charge in [0.2, 0.25) is 5.91 Å². The maximum absolute atomic E-state index is 12.1. The number of primary amides is 1. The number of carbonyl (C=O) groups is 2. The summed E-state index contributed by atoms with van der Waals surface area (Å²) in [4.78, 5) is 24.2. The number of nitrogens with two attached hydrogens (primary N) is 1. The lowest BCUT2D eigenvalue weighted by Gasteiger charge is -2.33. The summed E-state index contributed by atoms with van der Waals surface area (Å²) in [7, 11) is 4.57. The molecule has 0 bridgehead atoms. The van der Waals surface area contributed by atoms with Gasteiger partial charge in [0, 0.05) is 5.56 Å². The second kappa shape index (κ2) is 8.99. The number of rotatable bonds is 6. The van der Waals surface area contributed by atoms with Crippen LogP contribution in [0.1, 0.15) is 69.4 Å². The van der Waals surface area contributed by atoms with E-state index in [0.29, 0.717) is 22.6 Å². The molecule has 6 heteroatoms. The molecule has 0 saturated heterocycles. The van der Waals surface area contributed by atoms with Crippen LogP contribution in [-0.4, -0.2) is 33.2 Å². The van der Waals surface area contributed by atoms with E-state index >= 15 is 0 Å².